The first-order valence-corrected chi connectivity index (χ1v) is 9.91. The molecule has 144 valence electrons. The minimum Gasteiger partial charge on any atom is -0.464 e. The van der Waals surface area contributed by atoms with Crippen molar-refractivity contribution in [3.63, 3.8) is 0 Å². The van der Waals surface area contributed by atoms with Crippen molar-refractivity contribution in [1.29, 1.82) is 0 Å². The summed E-state index contributed by atoms with van der Waals surface area (Å²) in [5.74, 6) is -0.634. The molecule has 0 aliphatic rings. The molecular formula is C19H22N2O5S. The van der Waals surface area contributed by atoms with Gasteiger partial charge in [-0.3, -0.25) is 0 Å². The summed E-state index contributed by atoms with van der Waals surface area (Å²) >= 11 is 0. The third-order valence-corrected chi connectivity index (χ3v) is 5.26. The summed E-state index contributed by atoms with van der Waals surface area (Å²) in [7, 11) is -4.06. The molecule has 0 aliphatic carbocycles. The van der Waals surface area contributed by atoms with Gasteiger partial charge in [0.1, 0.15) is 6.04 Å². The van der Waals surface area contributed by atoms with Crippen LogP contribution in [0.5, 0.6) is 0 Å². The third-order valence-electron chi connectivity index (χ3n) is 3.77. The Kier molecular flexibility index (Phi) is 6.95. The number of urea groups is 1. The zero-order chi connectivity index (χ0) is 19.9. The quantitative estimate of drug-likeness (QED) is 0.706. The first-order valence-electron chi connectivity index (χ1n) is 8.43. The van der Waals surface area contributed by atoms with Crippen LogP contribution in [0.4, 0.5) is 4.79 Å². The summed E-state index contributed by atoms with van der Waals surface area (Å²) < 4.78 is 31.7. The predicted octanol–water partition coefficient (Wildman–Crippen LogP) is 2.16. The molecule has 2 rings (SSSR count). The second-order valence-electron chi connectivity index (χ2n) is 5.84. The normalized spacial score (nSPS) is 12.1. The number of benzene rings is 2. The van der Waals surface area contributed by atoms with Gasteiger partial charge in [0.15, 0.2) is 0 Å². The van der Waals surface area contributed by atoms with Crippen LogP contribution < -0.4 is 10.0 Å². The number of ether oxygens (including phenoxy) is 1. The van der Waals surface area contributed by atoms with Gasteiger partial charge >= 0.3 is 12.0 Å². The Morgan fingerprint density at radius 1 is 1.04 bits per heavy atom. The van der Waals surface area contributed by atoms with Crippen molar-refractivity contribution >= 4 is 22.0 Å². The molecule has 0 saturated carbocycles. The molecule has 0 spiro atoms. The van der Waals surface area contributed by atoms with E-state index in [4.69, 9.17) is 4.74 Å². The van der Waals surface area contributed by atoms with Crippen LogP contribution in [0.25, 0.3) is 0 Å². The molecule has 8 heteroatoms. The Bertz CT molecular complexity index is 897. The second-order valence-corrected chi connectivity index (χ2v) is 7.49. The molecule has 2 N–H and O–H groups in total. The van der Waals surface area contributed by atoms with E-state index in [-0.39, 0.29) is 17.9 Å². The molecule has 2 aromatic carbocycles. The highest BCUT2D eigenvalue weighted by atomic mass is 32.2. The maximum atomic E-state index is 12.4. The van der Waals surface area contributed by atoms with E-state index in [1.54, 1.807) is 56.3 Å². The molecule has 0 fully saturated rings. The zero-order valence-corrected chi connectivity index (χ0v) is 16.0. The lowest BCUT2D eigenvalue weighted by Gasteiger charge is -2.18. The average molecular weight is 390 g/mol. The van der Waals surface area contributed by atoms with E-state index in [2.05, 4.69) is 5.32 Å². The van der Waals surface area contributed by atoms with Gasteiger partial charge in [-0.15, -0.1) is 0 Å². The Labute approximate surface area is 158 Å². The third kappa shape index (κ3) is 5.82. The SMILES string of the molecule is CCOC(=O)C(Cc1ccccc1)NC(=O)NS(=O)(=O)c1ccccc1C. The highest BCUT2D eigenvalue weighted by molar-refractivity contribution is 7.90. The van der Waals surface area contributed by atoms with Crippen molar-refractivity contribution < 1.29 is 22.7 Å². The van der Waals surface area contributed by atoms with Crippen LogP contribution in [0.3, 0.4) is 0 Å². The van der Waals surface area contributed by atoms with Crippen molar-refractivity contribution in [2.24, 2.45) is 0 Å². The van der Waals surface area contributed by atoms with E-state index in [1.807, 2.05) is 10.8 Å². The van der Waals surface area contributed by atoms with Crippen LogP contribution >= 0.6 is 0 Å². The molecule has 0 aliphatic heterocycles. The van der Waals surface area contributed by atoms with Crippen LogP contribution in [0.15, 0.2) is 59.5 Å². The summed E-state index contributed by atoms with van der Waals surface area (Å²) in [4.78, 5) is 24.4. The number of aryl methyl sites for hydroxylation is 1. The van der Waals surface area contributed by atoms with Crippen LogP contribution in [-0.4, -0.2) is 33.1 Å². The van der Waals surface area contributed by atoms with E-state index in [1.165, 1.54) is 6.07 Å². The van der Waals surface area contributed by atoms with E-state index in [0.717, 1.165) is 5.56 Å². The maximum absolute atomic E-state index is 12.4. The Morgan fingerprint density at radius 2 is 1.67 bits per heavy atom. The molecule has 7 nitrogen and oxygen atoms in total. The molecule has 0 heterocycles. The Hall–Kier alpha value is -2.87. The monoisotopic (exact) mass is 390 g/mol. The fourth-order valence-corrected chi connectivity index (χ4v) is 3.67. The lowest BCUT2D eigenvalue weighted by Crippen LogP contribution is -2.49. The largest absolute Gasteiger partial charge is 0.464 e. The van der Waals surface area contributed by atoms with Gasteiger partial charge in [-0.2, -0.15) is 0 Å². The molecule has 1 unspecified atom stereocenters. The molecule has 0 bridgehead atoms. The number of carbonyl (C=O) groups excluding carboxylic acids is 2. The average Bonchev–Trinajstić information content (AvgIpc) is 2.62. The highest BCUT2D eigenvalue weighted by Gasteiger charge is 2.25. The van der Waals surface area contributed by atoms with Gasteiger partial charge in [-0.05, 0) is 31.0 Å². The summed E-state index contributed by atoms with van der Waals surface area (Å²) in [6, 6.07) is 13.3. The second kappa shape index (κ2) is 9.18. The Morgan fingerprint density at radius 3 is 2.30 bits per heavy atom. The molecule has 27 heavy (non-hydrogen) atoms. The van der Waals surface area contributed by atoms with Crippen LogP contribution in [-0.2, 0) is 26.0 Å². The first kappa shape index (κ1) is 20.4. The van der Waals surface area contributed by atoms with E-state index >= 15 is 0 Å². The summed E-state index contributed by atoms with van der Waals surface area (Å²) in [6.45, 7) is 3.43. The van der Waals surface area contributed by atoms with Gasteiger partial charge in [0, 0.05) is 6.42 Å². The molecular weight excluding hydrogens is 368 g/mol. The number of rotatable bonds is 7. The van der Waals surface area contributed by atoms with Crippen LogP contribution in [0, 0.1) is 6.92 Å². The molecule has 0 saturated heterocycles. The van der Waals surface area contributed by atoms with Gasteiger partial charge in [0.2, 0.25) is 0 Å². The van der Waals surface area contributed by atoms with E-state index < -0.39 is 28.1 Å². The maximum Gasteiger partial charge on any atom is 0.329 e. The lowest BCUT2D eigenvalue weighted by atomic mass is 10.1. The molecule has 2 aromatic rings. The number of hydrogen-bond acceptors (Lipinski definition) is 5. The van der Waals surface area contributed by atoms with Gasteiger partial charge in [0.25, 0.3) is 10.0 Å². The van der Waals surface area contributed by atoms with Gasteiger partial charge < -0.3 is 10.1 Å². The topological polar surface area (TPSA) is 102 Å². The molecule has 1 atom stereocenters. The smallest absolute Gasteiger partial charge is 0.329 e. The number of nitrogens with one attached hydrogen (secondary N) is 2. The minimum absolute atomic E-state index is 0.00380. The van der Waals surface area contributed by atoms with Crippen molar-refractivity contribution in [3.8, 4) is 0 Å². The fourth-order valence-electron chi connectivity index (χ4n) is 2.51. The van der Waals surface area contributed by atoms with E-state index in [0.29, 0.717) is 5.56 Å². The van der Waals surface area contributed by atoms with E-state index in [9.17, 15) is 18.0 Å². The van der Waals surface area contributed by atoms with Gasteiger partial charge in [-0.1, -0.05) is 48.5 Å². The van der Waals surface area contributed by atoms with Crippen molar-refractivity contribution in [3.05, 3.63) is 65.7 Å². The van der Waals surface area contributed by atoms with Crippen molar-refractivity contribution in [1.82, 2.24) is 10.0 Å². The summed E-state index contributed by atoms with van der Waals surface area (Å²) in [5, 5.41) is 2.39. The minimum atomic E-state index is -4.06. The summed E-state index contributed by atoms with van der Waals surface area (Å²) in [6.07, 6.45) is 0.178. The first-order chi connectivity index (χ1) is 12.8. The fraction of sp³-hybridized carbons (Fsp3) is 0.263. The number of carbonyl (C=O) groups is 2. The van der Waals surface area contributed by atoms with Crippen molar-refractivity contribution in [2.75, 3.05) is 6.61 Å². The standard InChI is InChI=1S/C19H22N2O5S/c1-3-26-18(22)16(13-15-10-5-4-6-11-15)20-19(23)21-27(24,25)17-12-8-7-9-14(17)2/h4-12,16H,3,13H2,1-2H3,(H2,20,21,23). The Balaban J connectivity index is 2.13. The van der Waals surface area contributed by atoms with Gasteiger partial charge in [0.05, 0.1) is 11.5 Å². The predicted molar refractivity (Wildman–Crippen MR) is 101 cm³/mol. The molecule has 0 aromatic heterocycles. The van der Waals surface area contributed by atoms with Crippen molar-refractivity contribution in [2.45, 2.75) is 31.2 Å². The number of amides is 2. The number of hydrogen-bond donors (Lipinski definition) is 2. The summed E-state index contributed by atoms with van der Waals surface area (Å²) in [5.41, 5.74) is 1.31. The van der Waals surface area contributed by atoms with Crippen LogP contribution in [0.2, 0.25) is 0 Å². The van der Waals surface area contributed by atoms with Crippen LogP contribution in [0.1, 0.15) is 18.1 Å². The zero-order valence-electron chi connectivity index (χ0n) is 15.1. The van der Waals surface area contributed by atoms with Gasteiger partial charge in [-0.25, -0.2) is 22.7 Å². The number of sulfonamides is 1. The molecule has 0 radical (unpaired) electrons. The lowest BCUT2D eigenvalue weighted by molar-refractivity contribution is -0.145. The highest BCUT2D eigenvalue weighted by Crippen LogP contribution is 2.13. The number of esters is 1. The molecule has 2 amide bonds.